The molecule has 1 N–H and O–H groups in total. The van der Waals surface area contributed by atoms with E-state index in [-0.39, 0.29) is 6.09 Å². The van der Waals surface area contributed by atoms with E-state index in [4.69, 9.17) is 4.74 Å². The predicted molar refractivity (Wildman–Crippen MR) is 72.8 cm³/mol. The van der Waals surface area contributed by atoms with Gasteiger partial charge in [-0.05, 0) is 55.6 Å². The third-order valence-electron chi connectivity index (χ3n) is 5.42. The van der Waals surface area contributed by atoms with E-state index < -0.39 is 0 Å². The Morgan fingerprint density at radius 2 is 2.21 bits per heavy atom. The number of carbonyl (C=O) groups excluding carboxylic acids is 1. The molecule has 3 aliphatic carbocycles. The third-order valence-corrected chi connectivity index (χ3v) is 5.42. The van der Waals surface area contributed by atoms with Crippen molar-refractivity contribution in [2.45, 2.75) is 25.7 Å². The van der Waals surface area contributed by atoms with E-state index in [0.29, 0.717) is 12.0 Å². The first kappa shape index (κ1) is 11.3. The molecule has 1 aromatic carbocycles. The number of carbonyl (C=O) groups is 1. The Labute approximate surface area is 113 Å². The largest absolute Gasteiger partial charge is 0.449 e. The number of hydrogen-bond donors (Lipinski definition) is 1. The number of nitrogens with one attached hydrogen (secondary N) is 1. The van der Waals surface area contributed by atoms with Crippen LogP contribution in [-0.4, -0.2) is 12.7 Å². The summed E-state index contributed by atoms with van der Waals surface area (Å²) in [6.45, 7) is 0.614. The normalized spacial score (nSPS) is 37.8. The first-order valence-corrected chi connectivity index (χ1v) is 7.26. The van der Waals surface area contributed by atoms with Crippen molar-refractivity contribution >= 4 is 11.8 Å². The van der Waals surface area contributed by atoms with Crippen molar-refractivity contribution in [2.24, 2.45) is 23.2 Å². The minimum Gasteiger partial charge on any atom is -0.449 e. The van der Waals surface area contributed by atoms with Crippen LogP contribution < -0.4 is 5.32 Å². The summed E-state index contributed by atoms with van der Waals surface area (Å²) in [5.74, 6) is 2.76. The predicted octanol–water partition coefficient (Wildman–Crippen LogP) is 3.67. The quantitative estimate of drug-likeness (QED) is 0.897. The number of hydrogen-bond acceptors (Lipinski definition) is 2. The molecule has 0 spiro atoms. The maximum absolute atomic E-state index is 11.8. The molecule has 4 rings (SSSR count). The van der Waals surface area contributed by atoms with Gasteiger partial charge in [0.2, 0.25) is 0 Å². The molecule has 0 aliphatic heterocycles. The number of fused-ring (bicyclic) bond motifs is 5. The number of para-hydroxylation sites is 1. The van der Waals surface area contributed by atoms with Gasteiger partial charge in [0.1, 0.15) is 0 Å². The zero-order valence-corrected chi connectivity index (χ0v) is 11.0. The van der Waals surface area contributed by atoms with E-state index in [9.17, 15) is 4.79 Å². The van der Waals surface area contributed by atoms with Crippen molar-refractivity contribution in [3.05, 3.63) is 30.3 Å². The van der Waals surface area contributed by atoms with Crippen molar-refractivity contribution in [3.8, 4) is 0 Å². The maximum Gasteiger partial charge on any atom is 0.411 e. The van der Waals surface area contributed by atoms with E-state index in [1.807, 2.05) is 30.3 Å². The van der Waals surface area contributed by atoms with E-state index in [2.05, 4.69) is 5.32 Å². The molecule has 0 saturated heterocycles. The summed E-state index contributed by atoms with van der Waals surface area (Å²) < 4.78 is 5.50. The molecule has 4 atom stereocenters. The number of benzene rings is 1. The standard InChI is InChI=1S/C16H19NO2/c18-15(17-12-4-2-1-3-5-12)19-10-16-7-6-11(9-16)13-8-14(13)16/h1-5,11,13-14H,6-10H2,(H,17,18). The Hall–Kier alpha value is -1.51. The summed E-state index contributed by atoms with van der Waals surface area (Å²) in [4.78, 5) is 11.8. The second kappa shape index (κ2) is 3.99. The van der Waals surface area contributed by atoms with Gasteiger partial charge in [-0.3, -0.25) is 5.32 Å². The molecule has 0 radical (unpaired) electrons. The lowest BCUT2D eigenvalue weighted by atomic mass is 9.83. The molecular formula is C16H19NO2. The van der Waals surface area contributed by atoms with Crippen LogP contribution >= 0.6 is 0 Å². The summed E-state index contributed by atoms with van der Waals surface area (Å²) >= 11 is 0. The summed E-state index contributed by atoms with van der Waals surface area (Å²) in [7, 11) is 0. The molecule has 0 aromatic heterocycles. The molecule has 1 aromatic rings. The Morgan fingerprint density at radius 3 is 2.95 bits per heavy atom. The van der Waals surface area contributed by atoms with Crippen molar-refractivity contribution in [1.29, 1.82) is 0 Å². The van der Waals surface area contributed by atoms with Crippen molar-refractivity contribution in [3.63, 3.8) is 0 Å². The van der Waals surface area contributed by atoms with Gasteiger partial charge in [-0.25, -0.2) is 4.79 Å². The molecule has 2 bridgehead atoms. The molecule has 100 valence electrons. The van der Waals surface area contributed by atoms with Gasteiger partial charge in [0.15, 0.2) is 0 Å². The van der Waals surface area contributed by atoms with Gasteiger partial charge >= 0.3 is 6.09 Å². The van der Waals surface area contributed by atoms with Crippen LogP contribution in [0.25, 0.3) is 0 Å². The number of ether oxygens (including phenoxy) is 1. The van der Waals surface area contributed by atoms with Crippen LogP contribution in [0.1, 0.15) is 25.7 Å². The Bertz CT molecular complexity index is 501. The molecule has 3 aliphatic rings. The highest BCUT2D eigenvalue weighted by molar-refractivity contribution is 5.84. The monoisotopic (exact) mass is 257 g/mol. The van der Waals surface area contributed by atoms with Crippen LogP contribution in [0.2, 0.25) is 0 Å². The zero-order valence-electron chi connectivity index (χ0n) is 11.0. The average Bonchev–Trinajstić information content (AvgIpc) is 3.08. The van der Waals surface area contributed by atoms with E-state index in [0.717, 1.165) is 23.4 Å². The number of rotatable bonds is 3. The van der Waals surface area contributed by atoms with Gasteiger partial charge in [-0.2, -0.15) is 0 Å². The smallest absolute Gasteiger partial charge is 0.411 e. The number of amides is 1. The summed E-state index contributed by atoms with van der Waals surface area (Å²) in [6.07, 6.45) is 4.98. The highest BCUT2D eigenvalue weighted by Crippen LogP contribution is 2.72. The Morgan fingerprint density at radius 1 is 1.37 bits per heavy atom. The van der Waals surface area contributed by atoms with Gasteiger partial charge in [-0.1, -0.05) is 18.2 Å². The van der Waals surface area contributed by atoms with Gasteiger partial charge in [0, 0.05) is 11.1 Å². The molecule has 0 heterocycles. The van der Waals surface area contributed by atoms with Gasteiger partial charge in [0.25, 0.3) is 0 Å². The second-order valence-electron chi connectivity index (χ2n) is 6.44. The molecule has 3 heteroatoms. The molecule has 3 nitrogen and oxygen atoms in total. The van der Waals surface area contributed by atoms with Crippen LogP contribution in [0.5, 0.6) is 0 Å². The lowest BCUT2D eigenvalue weighted by molar-refractivity contribution is 0.0840. The van der Waals surface area contributed by atoms with Gasteiger partial charge in [-0.15, -0.1) is 0 Å². The molecule has 3 fully saturated rings. The Kier molecular flexibility index (Phi) is 2.38. The van der Waals surface area contributed by atoms with Crippen molar-refractivity contribution in [1.82, 2.24) is 0 Å². The van der Waals surface area contributed by atoms with E-state index in [1.165, 1.54) is 25.7 Å². The summed E-state index contributed by atoms with van der Waals surface area (Å²) in [5, 5.41) is 2.79. The zero-order chi connectivity index (χ0) is 12.9. The second-order valence-corrected chi connectivity index (χ2v) is 6.44. The summed E-state index contributed by atoms with van der Waals surface area (Å²) in [5.41, 5.74) is 1.13. The van der Waals surface area contributed by atoms with Crippen LogP contribution in [-0.2, 0) is 4.74 Å². The van der Waals surface area contributed by atoms with Gasteiger partial charge in [0.05, 0.1) is 6.61 Å². The van der Waals surface area contributed by atoms with Gasteiger partial charge < -0.3 is 4.74 Å². The van der Waals surface area contributed by atoms with Crippen LogP contribution in [0, 0.1) is 23.2 Å². The molecule has 4 unspecified atom stereocenters. The average molecular weight is 257 g/mol. The first-order valence-electron chi connectivity index (χ1n) is 7.26. The van der Waals surface area contributed by atoms with Crippen LogP contribution in [0.4, 0.5) is 10.5 Å². The fraction of sp³-hybridized carbons (Fsp3) is 0.562. The highest BCUT2D eigenvalue weighted by Gasteiger charge is 2.66. The summed E-state index contributed by atoms with van der Waals surface area (Å²) in [6, 6.07) is 9.48. The van der Waals surface area contributed by atoms with Crippen LogP contribution in [0.3, 0.4) is 0 Å². The SMILES string of the molecule is O=C(Nc1ccccc1)OCC12CCC(C1)C1CC12. The molecular weight excluding hydrogens is 238 g/mol. The third kappa shape index (κ3) is 1.83. The molecule has 1 amide bonds. The van der Waals surface area contributed by atoms with Crippen molar-refractivity contribution < 1.29 is 9.53 Å². The minimum absolute atomic E-state index is 0.312. The molecule has 3 saturated carbocycles. The van der Waals surface area contributed by atoms with Crippen LogP contribution in [0.15, 0.2) is 30.3 Å². The highest BCUT2D eigenvalue weighted by atomic mass is 16.5. The lowest BCUT2D eigenvalue weighted by Gasteiger charge is -2.27. The lowest BCUT2D eigenvalue weighted by Crippen LogP contribution is -2.28. The topological polar surface area (TPSA) is 38.3 Å². The van der Waals surface area contributed by atoms with E-state index in [1.54, 1.807) is 0 Å². The molecule has 19 heavy (non-hydrogen) atoms. The Balaban J connectivity index is 1.34. The fourth-order valence-electron chi connectivity index (χ4n) is 4.46. The first-order chi connectivity index (χ1) is 9.27. The number of anilines is 1. The fourth-order valence-corrected chi connectivity index (χ4v) is 4.46. The minimum atomic E-state index is -0.312. The van der Waals surface area contributed by atoms with E-state index >= 15 is 0 Å². The maximum atomic E-state index is 11.8. The van der Waals surface area contributed by atoms with Crippen molar-refractivity contribution in [2.75, 3.05) is 11.9 Å².